The number of hydrogen-bond acceptors (Lipinski definition) is 4. The molecule has 22 heavy (non-hydrogen) atoms. The van der Waals surface area contributed by atoms with E-state index in [4.69, 9.17) is 14.9 Å². The Hall–Kier alpha value is -0.580. The third-order valence-corrected chi connectivity index (χ3v) is 3.20. The standard InChI is InChI=1S/C14H28O.C4H10O3/c1-3-5-6-7-8-9-10-11-12-13-14-15-4-2;5-1-3-7-4-2-6/h4H,2-3,5-14H2,1H3;5-6H,1-4H2. The Morgan fingerprint density at radius 1 is 0.727 bits per heavy atom. The molecule has 0 radical (unpaired) electrons. The fourth-order valence-electron chi connectivity index (χ4n) is 1.99. The molecule has 0 aromatic rings. The second kappa shape index (κ2) is 25.4. The van der Waals surface area contributed by atoms with Crippen LogP contribution >= 0.6 is 0 Å². The zero-order valence-corrected chi connectivity index (χ0v) is 14.6. The molecule has 0 spiro atoms. The monoisotopic (exact) mass is 318 g/mol. The normalized spacial score (nSPS) is 9.95. The first-order valence-electron chi connectivity index (χ1n) is 8.85. The van der Waals surface area contributed by atoms with Gasteiger partial charge in [0.25, 0.3) is 0 Å². The number of hydrogen-bond donors (Lipinski definition) is 2. The molecule has 0 aliphatic carbocycles. The Balaban J connectivity index is 0. The van der Waals surface area contributed by atoms with Crippen molar-refractivity contribution in [2.45, 2.75) is 71.1 Å². The lowest BCUT2D eigenvalue weighted by molar-refractivity contribution is 0.0650. The summed E-state index contributed by atoms with van der Waals surface area (Å²) in [6.07, 6.45) is 15.3. The molecule has 4 heteroatoms. The van der Waals surface area contributed by atoms with E-state index in [0.717, 1.165) is 6.61 Å². The van der Waals surface area contributed by atoms with Gasteiger partial charge in [-0.15, -0.1) is 0 Å². The van der Waals surface area contributed by atoms with Crippen LogP contribution in [0.25, 0.3) is 0 Å². The molecule has 0 aliphatic heterocycles. The van der Waals surface area contributed by atoms with Crippen LogP contribution < -0.4 is 0 Å². The van der Waals surface area contributed by atoms with E-state index in [1.54, 1.807) is 0 Å². The maximum Gasteiger partial charge on any atom is 0.0873 e. The van der Waals surface area contributed by atoms with Crippen molar-refractivity contribution < 1.29 is 19.7 Å². The minimum Gasteiger partial charge on any atom is -0.502 e. The molecule has 0 atom stereocenters. The van der Waals surface area contributed by atoms with Crippen LogP contribution in [0.15, 0.2) is 12.8 Å². The molecule has 0 amide bonds. The van der Waals surface area contributed by atoms with Gasteiger partial charge in [-0.2, -0.15) is 0 Å². The second-order valence-corrected chi connectivity index (χ2v) is 5.28. The smallest absolute Gasteiger partial charge is 0.0873 e. The van der Waals surface area contributed by atoms with E-state index in [1.165, 1.54) is 70.5 Å². The summed E-state index contributed by atoms with van der Waals surface area (Å²) in [5.74, 6) is 0. The summed E-state index contributed by atoms with van der Waals surface area (Å²) in [6.45, 7) is 7.33. The first-order valence-corrected chi connectivity index (χ1v) is 8.85. The van der Waals surface area contributed by atoms with Gasteiger partial charge in [0.05, 0.1) is 39.3 Å². The molecular weight excluding hydrogens is 280 g/mol. The maximum absolute atomic E-state index is 8.09. The molecule has 134 valence electrons. The predicted molar refractivity (Wildman–Crippen MR) is 93.0 cm³/mol. The highest BCUT2D eigenvalue weighted by molar-refractivity contribution is 4.50. The van der Waals surface area contributed by atoms with Crippen molar-refractivity contribution in [3.05, 3.63) is 12.8 Å². The molecule has 0 aromatic heterocycles. The van der Waals surface area contributed by atoms with Crippen molar-refractivity contribution in [2.75, 3.05) is 33.0 Å². The van der Waals surface area contributed by atoms with Crippen LogP contribution in [0.2, 0.25) is 0 Å². The molecule has 0 aromatic carbocycles. The molecule has 0 bridgehead atoms. The van der Waals surface area contributed by atoms with Crippen LogP contribution in [0.5, 0.6) is 0 Å². The maximum atomic E-state index is 8.09. The van der Waals surface area contributed by atoms with Crippen LogP contribution in [0.1, 0.15) is 71.1 Å². The fraction of sp³-hybridized carbons (Fsp3) is 0.889. The van der Waals surface area contributed by atoms with Gasteiger partial charge < -0.3 is 19.7 Å². The lowest BCUT2D eigenvalue weighted by Gasteiger charge is -2.02. The van der Waals surface area contributed by atoms with Gasteiger partial charge in [-0.25, -0.2) is 0 Å². The van der Waals surface area contributed by atoms with Crippen molar-refractivity contribution in [3.63, 3.8) is 0 Å². The molecule has 0 saturated carbocycles. The van der Waals surface area contributed by atoms with Crippen LogP contribution in [0.4, 0.5) is 0 Å². The molecule has 4 nitrogen and oxygen atoms in total. The molecule has 0 fully saturated rings. The topological polar surface area (TPSA) is 58.9 Å². The van der Waals surface area contributed by atoms with Crippen molar-refractivity contribution >= 4 is 0 Å². The van der Waals surface area contributed by atoms with Crippen molar-refractivity contribution in [1.29, 1.82) is 0 Å². The van der Waals surface area contributed by atoms with Crippen LogP contribution in [-0.4, -0.2) is 43.2 Å². The SMILES string of the molecule is C=COCCCCCCCCCCCC.OCCOCCO. The molecule has 0 aliphatic rings. The van der Waals surface area contributed by atoms with Gasteiger partial charge in [0, 0.05) is 0 Å². The predicted octanol–water partition coefficient (Wildman–Crippen LogP) is 4.06. The van der Waals surface area contributed by atoms with E-state index in [0.29, 0.717) is 13.2 Å². The van der Waals surface area contributed by atoms with E-state index in [9.17, 15) is 0 Å². The first-order chi connectivity index (χ1) is 10.8. The number of rotatable bonds is 16. The molecular formula is C18H38O4. The Morgan fingerprint density at radius 2 is 1.18 bits per heavy atom. The Bertz CT molecular complexity index is 182. The van der Waals surface area contributed by atoms with Gasteiger partial charge in [0.1, 0.15) is 0 Å². The second-order valence-electron chi connectivity index (χ2n) is 5.28. The average Bonchev–Trinajstić information content (AvgIpc) is 2.54. The van der Waals surface area contributed by atoms with E-state index < -0.39 is 0 Å². The highest BCUT2D eigenvalue weighted by Gasteiger charge is 1.92. The van der Waals surface area contributed by atoms with E-state index in [2.05, 4.69) is 18.2 Å². The number of ether oxygens (including phenoxy) is 2. The summed E-state index contributed by atoms with van der Waals surface area (Å²) in [5.41, 5.74) is 0. The summed E-state index contributed by atoms with van der Waals surface area (Å²) in [5, 5.41) is 16.2. The van der Waals surface area contributed by atoms with Crippen LogP contribution in [-0.2, 0) is 9.47 Å². The summed E-state index contributed by atoms with van der Waals surface area (Å²) in [6, 6.07) is 0. The zero-order valence-electron chi connectivity index (χ0n) is 14.6. The molecule has 0 unspecified atom stereocenters. The Labute approximate surface area is 137 Å². The van der Waals surface area contributed by atoms with Gasteiger partial charge in [0.2, 0.25) is 0 Å². The third-order valence-electron chi connectivity index (χ3n) is 3.20. The van der Waals surface area contributed by atoms with E-state index >= 15 is 0 Å². The largest absolute Gasteiger partial charge is 0.502 e. The van der Waals surface area contributed by atoms with E-state index in [-0.39, 0.29) is 13.2 Å². The van der Waals surface area contributed by atoms with E-state index in [1.807, 2.05) is 0 Å². The molecule has 0 rings (SSSR count). The average molecular weight is 318 g/mol. The highest BCUT2D eigenvalue weighted by atomic mass is 16.5. The Kier molecular flexibility index (Phi) is 27.3. The van der Waals surface area contributed by atoms with Crippen LogP contribution in [0, 0.1) is 0 Å². The van der Waals surface area contributed by atoms with Crippen LogP contribution in [0.3, 0.4) is 0 Å². The summed E-state index contributed by atoms with van der Waals surface area (Å²) in [4.78, 5) is 0. The zero-order chi connectivity index (χ0) is 16.7. The highest BCUT2D eigenvalue weighted by Crippen LogP contribution is 2.10. The number of aliphatic hydroxyl groups is 2. The summed E-state index contributed by atoms with van der Waals surface area (Å²) in [7, 11) is 0. The Morgan fingerprint density at radius 3 is 1.59 bits per heavy atom. The molecule has 2 N–H and O–H groups in total. The minimum atomic E-state index is 0.0278. The van der Waals surface area contributed by atoms with Crippen molar-refractivity contribution in [1.82, 2.24) is 0 Å². The summed E-state index contributed by atoms with van der Waals surface area (Å²) >= 11 is 0. The molecule has 0 heterocycles. The van der Waals surface area contributed by atoms with Crippen molar-refractivity contribution in [3.8, 4) is 0 Å². The molecule has 0 saturated heterocycles. The quantitative estimate of drug-likeness (QED) is 0.333. The van der Waals surface area contributed by atoms with Gasteiger partial charge in [-0.1, -0.05) is 71.3 Å². The van der Waals surface area contributed by atoms with Crippen molar-refractivity contribution in [2.24, 2.45) is 0 Å². The van der Waals surface area contributed by atoms with Gasteiger partial charge in [0.15, 0.2) is 0 Å². The number of aliphatic hydroxyl groups excluding tert-OH is 2. The first kappa shape index (κ1) is 23.7. The lowest BCUT2D eigenvalue weighted by atomic mass is 10.1. The fourth-order valence-corrected chi connectivity index (χ4v) is 1.99. The minimum absolute atomic E-state index is 0.0278. The number of unbranched alkanes of at least 4 members (excludes halogenated alkanes) is 9. The summed E-state index contributed by atoms with van der Waals surface area (Å²) < 4.78 is 9.70. The lowest BCUT2D eigenvalue weighted by Crippen LogP contribution is -2.03. The third kappa shape index (κ3) is 27.7. The van der Waals surface area contributed by atoms with Gasteiger partial charge in [-0.3, -0.25) is 0 Å². The van der Waals surface area contributed by atoms with Gasteiger partial charge >= 0.3 is 0 Å². The van der Waals surface area contributed by atoms with Gasteiger partial charge in [-0.05, 0) is 6.42 Å².